The van der Waals surface area contributed by atoms with Crippen molar-refractivity contribution in [1.82, 2.24) is 15.2 Å². The molecule has 2 aromatic rings. The SMILES string of the molecule is CCc1nnc(SCC(=O)N2c3ccccc3C[C@@H]2C)nc1CC. The molecule has 1 atom stereocenters. The summed E-state index contributed by atoms with van der Waals surface area (Å²) in [6, 6.07) is 8.31. The van der Waals surface area contributed by atoms with Crippen LogP contribution < -0.4 is 4.90 Å². The second-order valence-corrected chi connectivity index (χ2v) is 6.87. The number of para-hydroxylation sites is 1. The van der Waals surface area contributed by atoms with Crippen molar-refractivity contribution in [3.05, 3.63) is 41.2 Å². The average molecular weight is 342 g/mol. The lowest BCUT2D eigenvalue weighted by Crippen LogP contribution is -2.37. The smallest absolute Gasteiger partial charge is 0.237 e. The van der Waals surface area contributed by atoms with Gasteiger partial charge in [-0.25, -0.2) is 4.98 Å². The Morgan fingerprint density at radius 2 is 1.96 bits per heavy atom. The maximum Gasteiger partial charge on any atom is 0.237 e. The van der Waals surface area contributed by atoms with Crippen LogP contribution in [0.5, 0.6) is 0 Å². The molecule has 3 rings (SSSR count). The van der Waals surface area contributed by atoms with E-state index in [1.807, 2.05) is 30.0 Å². The van der Waals surface area contributed by atoms with E-state index < -0.39 is 0 Å². The summed E-state index contributed by atoms with van der Waals surface area (Å²) in [5.41, 5.74) is 4.18. The summed E-state index contributed by atoms with van der Waals surface area (Å²) in [5.74, 6) is 0.424. The van der Waals surface area contributed by atoms with E-state index in [2.05, 4.69) is 35.1 Å². The minimum Gasteiger partial charge on any atom is -0.308 e. The predicted octanol–water partition coefficient (Wildman–Crippen LogP) is 3.07. The van der Waals surface area contributed by atoms with Crippen LogP contribution in [-0.4, -0.2) is 32.9 Å². The highest BCUT2D eigenvalue weighted by atomic mass is 32.2. The number of aromatic nitrogens is 3. The number of aryl methyl sites for hydroxylation is 2. The molecule has 0 saturated heterocycles. The van der Waals surface area contributed by atoms with Gasteiger partial charge in [-0.3, -0.25) is 4.79 Å². The fraction of sp³-hybridized carbons (Fsp3) is 0.444. The van der Waals surface area contributed by atoms with E-state index in [1.54, 1.807) is 0 Å². The Hall–Kier alpha value is -1.95. The molecule has 1 aliphatic rings. The third-order valence-electron chi connectivity index (χ3n) is 4.29. The van der Waals surface area contributed by atoms with Crippen molar-refractivity contribution < 1.29 is 4.79 Å². The quantitative estimate of drug-likeness (QED) is 0.782. The van der Waals surface area contributed by atoms with Crippen LogP contribution >= 0.6 is 11.8 Å². The summed E-state index contributed by atoms with van der Waals surface area (Å²) in [6.07, 6.45) is 2.57. The number of amides is 1. The van der Waals surface area contributed by atoms with Gasteiger partial charge in [0.2, 0.25) is 11.1 Å². The van der Waals surface area contributed by atoms with Crippen molar-refractivity contribution in [3.8, 4) is 0 Å². The van der Waals surface area contributed by atoms with E-state index in [0.29, 0.717) is 10.9 Å². The molecule has 0 spiro atoms. The van der Waals surface area contributed by atoms with Gasteiger partial charge in [-0.15, -0.1) is 5.10 Å². The molecule has 0 unspecified atom stereocenters. The van der Waals surface area contributed by atoms with Crippen LogP contribution in [0, 0.1) is 0 Å². The first-order valence-electron chi connectivity index (χ1n) is 8.39. The number of thioether (sulfide) groups is 1. The van der Waals surface area contributed by atoms with Gasteiger partial charge in [0.15, 0.2) is 0 Å². The third kappa shape index (κ3) is 3.29. The van der Waals surface area contributed by atoms with Crippen LogP contribution in [0.4, 0.5) is 5.69 Å². The molecule has 1 aliphatic heterocycles. The van der Waals surface area contributed by atoms with Gasteiger partial charge in [0.1, 0.15) is 0 Å². The predicted molar refractivity (Wildman–Crippen MR) is 96.4 cm³/mol. The Bertz CT molecular complexity index is 750. The molecule has 5 nitrogen and oxygen atoms in total. The molecule has 0 saturated carbocycles. The zero-order chi connectivity index (χ0) is 17.1. The van der Waals surface area contributed by atoms with Crippen molar-refractivity contribution in [2.45, 2.75) is 51.2 Å². The van der Waals surface area contributed by atoms with Crippen molar-refractivity contribution in [1.29, 1.82) is 0 Å². The van der Waals surface area contributed by atoms with Gasteiger partial charge in [-0.05, 0) is 37.8 Å². The third-order valence-corrected chi connectivity index (χ3v) is 5.11. The topological polar surface area (TPSA) is 59.0 Å². The fourth-order valence-corrected chi connectivity index (χ4v) is 3.79. The summed E-state index contributed by atoms with van der Waals surface area (Å²) in [7, 11) is 0. The van der Waals surface area contributed by atoms with Crippen LogP contribution in [-0.2, 0) is 24.1 Å². The molecule has 24 heavy (non-hydrogen) atoms. The van der Waals surface area contributed by atoms with Gasteiger partial charge in [-0.2, -0.15) is 5.10 Å². The van der Waals surface area contributed by atoms with Crippen LogP contribution in [0.2, 0.25) is 0 Å². The summed E-state index contributed by atoms with van der Waals surface area (Å²) in [5, 5.41) is 8.97. The monoisotopic (exact) mass is 342 g/mol. The van der Waals surface area contributed by atoms with E-state index in [4.69, 9.17) is 0 Å². The number of benzene rings is 1. The van der Waals surface area contributed by atoms with Crippen molar-refractivity contribution in [2.24, 2.45) is 0 Å². The second kappa shape index (κ2) is 7.30. The molecule has 6 heteroatoms. The Kier molecular flexibility index (Phi) is 5.14. The van der Waals surface area contributed by atoms with E-state index in [-0.39, 0.29) is 11.9 Å². The number of rotatable bonds is 5. The van der Waals surface area contributed by atoms with Gasteiger partial charge in [0.05, 0.1) is 17.1 Å². The molecule has 0 fully saturated rings. The van der Waals surface area contributed by atoms with Gasteiger partial charge in [0.25, 0.3) is 0 Å². The molecule has 126 valence electrons. The van der Waals surface area contributed by atoms with Crippen molar-refractivity contribution in [3.63, 3.8) is 0 Å². The lowest BCUT2D eigenvalue weighted by Gasteiger charge is -2.22. The molecule has 0 aliphatic carbocycles. The second-order valence-electron chi connectivity index (χ2n) is 5.93. The highest BCUT2D eigenvalue weighted by Gasteiger charge is 2.30. The summed E-state index contributed by atoms with van der Waals surface area (Å²) in [6.45, 7) is 6.20. The Morgan fingerprint density at radius 1 is 1.21 bits per heavy atom. The molecule has 1 amide bonds. The standard InChI is InChI=1S/C18H22N4OS/c1-4-14-15(5-2)20-21-18(19-14)24-11-17(23)22-12(3)10-13-8-6-7-9-16(13)22/h6-9,12H,4-5,10-11H2,1-3H3/t12-/m0/s1. The van der Waals surface area contributed by atoms with Crippen molar-refractivity contribution >= 4 is 23.4 Å². The normalized spacial score (nSPS) is 16.3. The number of fused-ring (bicyclic) bond motifs is 1. The van der Waals surface area contributed by atoms with E-state index in [0.717, 1.165) is 36.3 Å². The Morgan fingerprint density at radius 3 is 2.71 bits per heavy atom. The molecule has 1 aromatic heterocycles. The molecular formula is C18H22N4OS. The molecule has 2 heterocycles. The molecule has 0 N–H and O–H groups in total. The molecule has 0 bridgehead atoms. The van der Waals surface area contributed by atoms with Crippen LogP contribution in [0.1, 0.15) is 37.7 Å². The summed E-state index contributed by atoms with van der Waals surface area (Å²) < 4.78 is 0. The van der Waals surface area contributed by atoms with Gasteiger partial charge in [-0.1, -0.05) is 43.8 Å². The average Bonchev–Trinajstić information content (AvgIpc) is 2.95. The minimum atomic E-state index is 0.0960. The number of carbonyl (C=O) groups is 1. The molecule has 0 radical (unpaired) electrons. The van der Waals surface area contributed by atoms with Crippen molar-refractivity contribution in [2.75, 3.05) is 10.7 Å². The minimum absolute atomic E-state index is 0.0960. The number of anilines is 1. The van der Waals surface area contributed by atoms with Gasteiger partial charge >= 0.3 is 0 Å². The van der Waals surface area contributed by atoms with Crippen LogP contribution in [0.3, 0.4) is 0 Å². The lowest BCUT2D eigenvalue weighted by molar-refractivity contribution is -0.116. The zero-order valence-corrected chi connectivity index (χ0v) is 15.1. The summed E-state index contributed by atoms with van der Waals surface area (Å²) in [4.78, 5) is 19.1. The largest absolute Gasteiger partial charge is 0.308 e. The van der Waals surface area contributed by atoms with E-state index >= 15 is 0 Å². The highest BCUT2D eigenvalue weighted by Crippen LogP contribution is 2.32. The number of carbonyl (C=O) groups excluding carboxylic acids is 1. The first kappa shape index (κ1) is 16.9. The summed E-state index contributed by atoms with van der Waals surface area (Å²) >= 11 is 1.36. The number of hydrogen-bond donors (Lipinski definition) is 0. The highest BCUT2D eigenvalue weighted by molar-refractivity contribution is 7.99. The maximum absolute atomic E-state index is 12.7. The van der Waals surface area contributed by atoms with E-state index in [1.165, 1.54) is 17.3 Å². The lowest BCUT2D eigenvalue weighted by atomic mass is 10.1. The van der Waals surface area contributed by atoms with Crippen LogP contribution in [0.15, 0.2) is 29.4 Å². The fourth-order valence-electron chi connectivity index (χ4n) is 3.12. The maximum atomic E-state index is 12.7. The van der Waals surface area contributed by atoms with Crippen LogP contribution in [0.25, 0.3) is 0 Å². The number of nitrogens with zero attached hydrogens (tertiary/aromatic N) is 4. The zero-order valence-electron chi connectivity index (χ0n) is 14.3. The van der Waals surface area contributed by atoms with Gasteiger partial charge in [0, 0.05) is 11.7 Å². The molecule has 1 aromatic carbocycles. The first-order chi connectivity index (χ1) is 11.6. The first-order valence-corrected chi connectivity index (χ1v) is 9.37. The van der Waals surface area contributed by atoms with Gasteiger partial charge < -0.3 is 4.90 Å². The van der Waals surface area contributed by atoms with E-state index in [9.17, 15) is 4.79 Å². The Balaban J connectivity index is 1.70. The molecular weight excluding hydrogens is 320 g/mol. The number of hydrogen-bond acceptors (Lipinski definition) is 5. The Labute approximate surface area is 146 Å².